The highest BCUT2D eigenvalue weighted by atomic mass is 16.5. The van der Waals surface area contributed by atoms with Crippen LogP contribution >= 0.6 is 0 Å². The van der Waals surface area contributed by atoms with Gasteiger partial charge in [-0.3, -0.25) is 0 Å². The second kappa shape index (κ2) is 6.65. The lowest BCUT2D eigenvalue weighted by molar-refractivity contribution is -0.934. The number of rotatable bonds is 3. The summed E-state index contributed by atoms with van der Waals surface area (Å²) >= 11 is 0. The van der Waals surface area contributed by atoms with Crippen LogP contribution in [0, 0.1) is 5.92 Å². The van der Waals surface area contributed by atoms with Crippen molar-refractivity contribution in [3.8, 4) is 0 Å². The third-order valence-electron chi connectivity index (χ3n) is 5.97. The van der Waals surface area contributed by atoms with Crippen LogP contribution in [0.15, 0.2) is 47.7 Å². The van der Waals surface area contributed by atoms with Gasteiger partial charge < -0.3 is 19.7 Å². The highest BCUT2D eigenvalue weighted by Crippen LogP contribution is 2.37. The van der Waals surface area contributed by atoms with Crippen LogP contribution in [0.4, 0.5) is 0 Å². The first-order valence-electron chi connectivity index (χ1n) is 9.19. The fraction of sp³-hybridized carbons (Fsp3) is 0.381. The Kier molecular flexibility index (Phi) is 4.32. The molecule has 2 aliphatic heterocycles. The number of nitrogens with one attached hydrogen (secondary N) is 2. The molecule has 1 unspecified atom stereocenters. The zero-order valence-corrected chi connectivity index (χ0v) is 15.2. The number of carboxylic acids is 1. The van der Waals surface area contributed by atoms with Gasteiger partial charge in [0.25, 0.3) is 0 Å². The van der Waals surface area contributed by atoms with E-state index in [4.69, 9.17) is 4.74 Å². The third-order valence-corrected chi connectivity index (χ3v) is 5.97. The van der Waals surface area contributed by atoms with Crippen molar-refractivity contribution in [3.63, 3.8) is 0 Å². The lowest BCUT2D eigenvalue weighted by atomic mass is 9.78. The summed E-state index contributed by atoms with van der Waals surface area (Å²) in [7, 11) is 1.51. The number of aromatic nitrogens is 1. The maximum absolute atomic E-state index is 11.8. The monoisotopic (exact) mass is 353 g/mol. The van der Waals surface area contributed by atoms with E-state index in [0.717, 1.165) is 25.9 Å². The number of carbonyl (C=O) groups is 1. The van der Waals surface area contributed by atoms with Gasteiger partial charge >= 0.3 is 5.97 Å². The van der Waals surface area contributed by atoms with Gasteiger partial charge in [-0.15, -0.1) is 0 Å². The van der Waals surface area contributed by atoms with Gasteiger partial charge in [0.05, 0.1) is 37.7 Å². The van der Waals surface area contributed by atoms with E-state index in [0.29, 0.717) is 11.6 Å². The molecule has 1 fully saturated rings. The molecule has 5 heteroatoms. The van der Waals surface area contributed by atoms with Gasteiger partial charge in [0.2, 0.25) is 0 Å². The number of methoxy groups -OCH3 is 1. The summed E-state index contributed by atoms with van der Waals surface area (Å²) in [4.78, 5) is 17.0. The predicted octanol–water partition coefficient (Wildman–Crippen LogP) is 2.23. The molecule has 0 bridgehead atoms. The molecule has 2 aromatic rings. The van der Waals surface area contributed by atoms with E-state index in [-0.39, 0.29) is 5.92 Å². The maximum Gasteiger partial charge on any atom is 0.335 e. The lowest BCUT2D eigenvalue weighted by Gasteiger charge is -2.40. The second-order valence-electron chi connectivity index (χ2n) is 7.22. The number of allylic oxidation sites excluding steroid dienone is 1. The van der Waals surface area contributed by atoms with Crippen LogP contribution in [0.3, 0.4) is 0 Å². The first-order chi connectivity index (χ1) is 12.6. The Morgan fingerprint density at radius 2 is 2.19 bits per heavy atom. The third kappa shape index (κ3) is 2.63. The number of hydrogen-bond donors (Lipinski definition) is 3. The van der Waals surface area contributed by atoms with Gasteiger partial charge in [-0.1, -0.05) is 24.3 Å². The first kappa shape index (κ1) is 16.9. The minimum atomic E-state index is -0.896. The fourth-order valence-electron chi connectivity index (χ4n) is 4.76. The van der Waals surface area contributed by atoms with Crippen LogP contribution in [-0.4, -0.2) is 36.3 Å². The average molecular weight is 353 g/mol. The molecule has 136 valence electrons. The van der Waals surface area contributed by atoms with Crippen LogP contribution in [-0.2, 0) is 16.0 Å². The Hall–Kier alpha value is -2.53. The van der Waals surface area contributed by atoms with Crippen molar-refractivity contribution in [1.29, 1.82) is 0 Å². The summed E-state index contributed by atoms with van der Waals surface area (Å²) in [6.07, 6.45) is 5.33. The normalized spacial score (nSPS) is 27.2. The Morgan fingerprint density at radius 1 is 1.38 bits per heavy atom. The predicted molar refractivity (Wildman–Crippen MR) is 100 cm³/mol. The molecule has 3 N–H and O–H groups in total. The summed E-state index contributed by atoms with van der Waals surface area (Å²) in [6.45, 7) is 3.97. The fourth-order valence-corrected chi connectivity index (χ4v) is 4.76. The number of para-hydroxylation sites is 1. The Morgan fingerprint density at radius 3 is 2.92 bits per heavy atom. The van der Waals surface area contributed by atoms with Crippen molar-refractivity contribution >= 4 is 16.9 Å². The van der Waals surface area contributed by atoms with Crippen molar-refractivity contribution in [1.82, 2.24) is 4.98 Å². The van der Waals surface area contributed by atoms with E-state index in [9.17, 15) is 9.90 Å². The second-order valence-corrected chi connectivity index (χ2v) is 7.22. The van der Waals surface area contributed by atoms with Gasteiger partial charge in [0.1, 0.15) is 6.04 Å². The molecule has 0 radical (unpaired) electrons. The summed E-state index contributed by atoms with van der Waals surface area (Å²) in [5, 5.41) is 11.0. The van der Waals surface area contributed by atoms with Crippen molar-refractivity contribution in [2.75, 3.05) is 20.2 Å². The van der Waals surface area contributed by atoms with Crippen molar-refractivity contribution in [2.45, 2.75) is 25.8 Å². The van der Waals surface area contributed by atoms with E-state index in [1.165, 1.54) is 46.0 Å². The van der Waals surface area contributed by atoms with E-state index in [2.05, 4.69) is 35.3 Å². The molecule has 4 rings (SSSR count). The van der Waals surface area contributed by atoms with Gasteiger partial charge in [-0.25, -0.2) is 4.79 Å². The number of benzene rings is 1. The van der Waals surface area contributed by atoms with Crippen molar-refractivity contribution in [2.24, 2.45) is 5.92 Å². The Balaban J connectivity index is 1.76. The molecule has 1 aromatic heterocycles. The minimum absolute atomic E-state index is 0.108. The molecule has 26 heavy (non-hydrogen) atoms. The maximum atomic E-state index is 11.8. The lowest BCUT2D eigenvalue weighted by Crippen LogP contribution is -3.14. The summed E-state index contributed by atoms with van der Waals surface area (Å²) < 4.78 is 5.08. The molecule has 0 spiro atoms. The average Bonchev–Trinajstić information content (AvgIpc) is 3.04. The van der Waals surface area contributed by atoms with Crippen LogP contribution in [0.25, 0.3) is 10.9 Å². The van der Waals surface area contributed by atoms with E-state index >= 15 is 0 Å². The van der Waals surface area contributed by atoms with Crippen LogP contribution in [0.5, 0.6) is 0 Å². The summed E-state index contributed by atoms with van der Waals surface area (Å²) in [5.74, 6) is -1.00. The Labute approximate surface area is 153 Å². The number of piperidine rings is 1. The number of quaternary nitrogens is 1. The molecule has 5 nitrogen and oxygen atoms in total. The smallest absolute Gasteiger partial charge is 0.335 e. The zero-order chi connectivity index (χ0) is 18.3. The topological polar surface area (TPSA) is 66.8 Å². The van der Waals surface area contributed by atoms with Crippen LogP contribution in [0.1, 0.15) is 30.6 Å². The standard InChI is InChI=1S/C21H24N2O3/c1-3-13-11-23-9-8-15-14-6-4-5-7-18(14)22-20(15)19(23)10-16(13)17(12-26-2)21(24)25/h3-7,12,16,19,22H,8-11H2,1-2H3,(H,24,25)/p+1/b13-3-,17-12-/t16-,19-/m0/s1. The minimum Gasteiger partial charge on any atom is -0.504 e. The van der Waals surface area contributed by atoms with Gasteiger partial charge in [0, 0.05) is 29.7 Å². The molecule has 1 aromatic carbocycles. The zero-order valence-electron chi connectivity index (χ0n) is 15.2. The molecule has 0 saturated carbocycles. The van der Waals surface area contributed by atoms with Gasteiger partial charge in [-0.05, 0) is 24.1 Å². The molecule has 2 aliphatic rings. The highest BCUT2D eigenvalue weighted by Gasteiger charge is 2.43. The first-order valence-corrected chi connectivity index (χ1v) is 9.19. The molecule has 3 atom stereocenters. The van der Waals surface area contributed by atoms with E-state index in [1.807, 2.05) is 6.92 Å². The van der Waals surface area contributed by atoms with E-state index in [1.54, 1.807) is 0 Å². The molecule has 0 aliphatic carbocycles. The molecule has 1 saturated heterocycles. The number of aliphatic carboxylic acids is 1. The summed E-state index contributed by atoms with van der Waals surface area (Å²) in [5.41, 5.74) is 5.42. The molecule has 3 heterocycles. The quantitative estimate of drug-likeness (QED) is 0.450. The molecular weight excluding hydrogens is 328 g/mol. The number of hydrogen-bond acceptors (Lipinski definition) is 2. The largest absolute Gasteiger partial charge is 0.504 e. The van der Waals surface area contributed by atoms with Crippen LogP contribution in [0.2, 0.25) is 0 Å². The van der Waals surface area contributed by atoms with Crippen molar-refractivity contribution in [3.05, 3.63) is 59.0 Å². The number of H-pyrrole nitrogens is 1. The van der Waals surface area contributed by atoms with Gasteiger partial charge in [0.15, 0.2) is 0 Å². The highest BCUT2D eigenvalue weighted by molar-refractivity contribution is 5.88. The summed E-state index contributed by atoms with van der Waals surface area (Å²) in [6, 6.07) is 8.74. The van der Waals surface area contributed by atoms with Crippen LogP contribution < -0.4 is 4.90 Å². The SMILES string of the molecule is C/C=C1/C[NH+]2CCc3c([nH]c4ccccc34)[C@@H]2C[C@@H]1/C(=C/OC)C(=O)O. The number of fused-ring (bicyclic) bond motifs is 5. The van der Waals surface area contributed by atoms with Crippen molar-refractivity contribution < 1.29 is 19.5 Å². The molecule has 0 amide bonds. The Bertz CT molecular complexity index is 909. The molecular formula is C21H25N2O3+. The number of aromatic amines is 1. The van der Waals surface area contributed by atoms with E-state index < -0.39 is 5.97 Å². The number of ether oxygens (including phenoxy) is 1. The number of carboxylic acid groups (broad SMARTS) is 1. The van der Waals surface area contributed by atoms with Gasteiger partial charge in [-0.2, -0.15) is 0 Å².